The van der Waals surface area contributed by atoms with Crippen LogP contribution in [0.1, 0.15) is 19.4 Å². The average Bonchev–Trinajstić information content (AvgIpc) is 2.70. The number of rotatable bonds is 8. The molecule has 1 aromatic heterocycles. The molecule has 0 aliphatic rings. The average molecular weight is 455 g/mol. The van der Waals surface area contributed by atoms with Crippen molar-refractivity contribution in [1.82, 2.24) is 15.3 Å². The predicted molar refractivity (Wildman–Crippen MR) is 110 cm³/mol. The fourth-order valence-electron chi connectivity index (χ4n) is 2.24. The van der Waals surface area contributed by atoms with Crippen molar-refractivity contribution in [3.8, 4) is 11.8 Å². The van der Waals surface area contributed by atoms with Crippen LogP contribution in [0.15, 0.2) is 41.8 Å². The first kappa shape index (κ1) is 24.6. The number of hydrazone groups is 1. The number of ether oxygens (including phenoxy) is 2. The Labute approximate surface area is 181 Å². The van der Waals surface area contributed by atoms with Crippen LogP contribution in [0.3, 0.4) is 0 Å². The van der Waals surface area contributed by atoms with Crippen LogP contribution >= 0.6 is 0 Å². The van der Waals surface area contributed by atoms with Crippen LogP contribution in [-0.2, 0) is 4.79 Å². The topological polar surface area (TPSA) is 88.9 Å². The van der Waals surface area contributed by atoms with Gasteiger partial charge in [0.15, 0.2) is 11.4 Å². The maximum atomic E-state index is 13.9. The molecule has 172 valence electrons. The number of carbonyl (C=O) groups excluding carboxylic acids is 1. The van der Waals surface area contributed by atoms with Crippen LogP contribution < -0.4 is 19.8 Å². The molecule has 32 heavy (non-hydrogen) atoms. The number of carbonyl (C=O) groups is 1. The zero-order valence-corrected chi connectivity index (χ0v) is 17.6. The van der Waals surface area contributed by atoms with Crippen molar-refractivity contribution in [2.24, 2.45) is 5.10 Å². The summed E-state index contributed by atoms with van der Waals surface area (Å²) in [6.07, 6.45) is 1.30. The van der Waals surface area contributed by atoms with Crippen LogP contribution in [-0.4, -0.2) is 48.1 Å². The summed E-state index contributed by atoms with van der Waals surface area (Å²) in [7, 11) is 2.99. The third-order valence-corrected chi connectivity index (χ3v) is 4.02. The first-order valence-electron chi connectivity index (χ1n) is 9.08. The van der Waals surface area contributed by atoms with Crippen LogP contribution in [0.5, 0.6) is 11.8 Å². The molecule has 0 saturated heterocycles. The summed E-state index contributed by atoms with van der Waals surface area (Å²) in [4.78, 5) is 18.8. The number of anilines is 1. The van der Waals surface area contributed by atoms with Crippen molar-refractivity contribution in [2.45, 2.75) is 25.6 Å². The molecule has 12 heteroatoms. The standard InChI is InChI=1S/C20H21F4N5O3/c1-19(2,20(22,23)24)32-16-8-13(7-14(21)9-16)5-6-17(27-12-30)28-29(3)15-10-25-18(31-4)26-11-15/h5-12H,1-4H3,(H,27,28,30)/b6-5+. The molecule has 0 aliphatic carbocycles. The molecule has 0 bridgehead atoms. The van der Waals surface area contributed by atoms with Crippen molar-refractivity contribution in [1.29, 1.82) is 0 Å². The van der Waals surface area contributed by atoms with E-state index in [9.17, 15) is 22.4 Å². The first-order chi connectivity index (χ1) is 14.9. The molecule has 0 saturated carbocycles. The van der Waals surface area contributed by atoms with Crippen LogP contribution in [0.25, 0.3) is 6.08 Å². The highest BCUT2D eigenvalue weighted by Gasteiger charge is 2.49. The van der Waals surface area contributed by atoms with Gasteiger partial charge < -0.3 is 14.8 Å². The van der Waals surface area contributed by atoms with Crippen LogP contribution in [0, 0.1) is 5.82 Å². The molecular formula is C20H21F4N5O3. The van der Waals surface area contributed by atoms with Gasteiger partial charge in [-0.25, -0.2) is 14.4 Å². The van der Waals surface area contributed by atoms with Gasteiger partial charge in [-0.05, 0) is 37.6 Å². The molecule has 0 aliphatic heterocycles. The van der Waals surface area contributed by atoms with Crippen molar-refractivity contribution in [3.63, 3.8) is 0 Å². The van der Waals surface area contributed by atoms with E-state index in [1.807, 2.05) is 0 Å². The number of nitrogens with one attached hydrogen (secondary N) is 1. The minimum atomic E-state index is -4.65. The quantitative estimate of drug-likeness (QED) is 0.215. The highest BCUT2D eigenvalue weighted by atomic mass is 19.4. The Morgan fingerprint density at radius 3 is 2.41 bits per heavy atom. The molecule has 0 unspecified atom stereocenters. The van der Waals surface area contributed by atoms with Crippen molar-refractivity contribution < 1.29 is 31.8 Å². The molecule has 0 spiro atoms. The molecular weight excluding hydrogens is 434 g/mol. The summed E-state index contributed by atoms with van der Waals surface area (Å²) < 4.78 is 62.9. The number of amides is 1. The molecule has 0 fully saturated rings. The molecule has 1 amide bonds. The summed E-state index contributed by atoms with van der Waals surface area (Å²) in [6, 6.07) is 3.33. The number of aromatic nitrogens is 2. The fraction of sp³-hybridized carbons (Fsp3) is 0.300. The zero-order chi connectivity index (χ0) is 23.9. The smallest absolute Gasteiger partial charge is 0.427 e. The molecule has 1 aromatic carbocycles. The number of nitrogens with zero attached hydrogens (tertiary/aromatic N) is 4. The van der Waals surface area contributed by atoms with Gasteiger partial charge in [0.2, 0.25) is 6.41 Å². The fourth-order valence-corrected chi connectivity index (χ4v) is 2.24. The van der Waals surface area contributed by atoms with E-state index in [1.165, 1.54) is 42.7 Å². The van der Waals surface area contributed by atoms with E-state index < -0.39 is 17.6 Å². The third-order valence-electron chi connectivity index (χ3n) is 4.02. The largest absolute Gasteiger partial charge is 0.478 e. The number of benzene rings is 1. The number of hydrogen-bond acceptors (Lipinski definition) is 7. The normalized spacial score (nSPS) is 12.6. The second-order valence-corrected chi connectivity index (χ2v) is 6.86. The lowest BCUT2D eigenvalue weighted by Crippen LogP contribution is -2.44. The maximum Gasteiger partial charge on any atom is 0.427 e. The zero-order valence-electron chi connectivity index (χ0n) is 17.6. The van der Waals surface area contributed by atoms with E-state index in [0.717, 1.165) is 26.0 Å². The Bertz CT molecular complexity index is 992. The van der Waals surface area contributed by atoms with Gasteiger partial charge >= 0.3 is 12.2 Å². The second kappa shape index (κ2) is 10.1. The SMILES string of the molecule is COc1ncc(N(C)/N=C(\C=C\c2cc(F)cc(OC(C)(C)C(F)(F)F)c2)NC=O)cn1. The molecule has 0 radical (unpaired) electrons. The van der Waals surface area contributed by atoms with E-state index in [4.69, 9.17) is 9.47 Å². The Morgan fingerprint density at radius 2 is 1.84 bits per heavy atom. The van der Waals surface area contributed by atoms with Crippen molar-refractivity contribution in [3.05, 3.63) is 48.0 Å². The highest BCUT2D eigenvalue weighted by molar-refractivity contribution is 6.02. The van der Waals surface area contributed by atoms with Gasteiger partial charge in [-0.2, -0.15) is 18.3 Å². The molecule has 2 aromatic rings. The number of methoxy groups -OCH3 is 1. The first-order valence-corrected chi connectivity index (χ1v) is 9.08. The summed E-state index contributed by atoms with van der Waals surface area (Å²) in [5.41, 5.74) is -1.86. The van der Waals surface area contributed by atoms with Gasteiger partial charge in [0, 0.05) is 13.1 Å². The molecule has 1 N–H and O–H groups in total. The Balaban J connectivity index is 2.26. The number of hydrogen-bond donors (Lipinski definition) is 1. The highest BCUT2D eigenvalue weighted by Crippen LogP contribution is 2.34. The Morgan fingerprint density at radius 1 is 1.19 bits per heavy atom. The van der Waals surface area contributed by atoms with Gasteiger partial charge in [-0.15, -0.1) is 0 Å². The van der Waals surface area contributed by atoms with Gasteiger partial charge in [-0.3, -0.25) is 9.80 Å². The minimum Gasteiger partial charge on any atom is -0.478 e. The third kappa shape index (κ3) is 6.65. The van der Waals surface area contributed by atoms with Crippen molar-refractivity contribution >= 4 is 24.0 Å². The number of amidine groups is 1. The van der Waals surface area contributed by atoms with E-state index in [-0.39, 0.29) is 23.2 Å². The van der Waals surface area contributed by atoms with Gasteiger partial charge in [-0.1, -0.05) is 6.08 Å². The summed E-state index contributed by atoms with van der Waals surface area (Å²) in [6.45, 7) is 1.68. The summed E-state index contributed by atoms with van der Waals surface area (Å²) in [5.74, 6) is -1.04. The lowest BCUT2D eigenvalue weighted by atomic mass is 10.1. The number of halogens is 4. The van der Waals surface area contributed by atoms with Gasteiger partial charge in [0.05, 0.1) is 25.2 Å². The van der Waals surface area contributed by atoms with E-state index in [0.29, 0.717) is 12.1 Å². The van der Waals surface area contributed by atoms with E-state index in [2.05, 4.69) is 20.4 Å². The van der Waals surface area contributed by atoms with E-state index in [1.54, 1.807) is 7.05 Å². The lowest BCUT2D eigenvalue weighted by Gasteiger charge is -2.28. The predicted octanol–water partition coefficient (Wildman–Crippen LogP) is 3.55. The Kier molecular flexibility index (Phi) is 7.73. The molecule has 0 atom stereocenters. The van der Waals surface area contributed by atoms with Crippen LogP contribution in [0.4, 0.5) is 23.2 Å². The molecule has 1 heterocycles. The van der Waals surface area contributed by atoms with Gasteiger partial charge in [0.25, 0.3) is 0 Å². The summed E-state index contributed by atoms with van der Waals surface area (Å²) >= 11 is 0. The Hall–Kier alpha value is -3.70. The number of alkyl halides is 3. The molecule has 2 rings (SSSR count). The monoisotopic (exact) mass is 455 g/mol. The molecule has 8 nitrogen and oxygen atoms in total. The lowest BCUT2D eigenvalue weighted by molar-refractivity contribution is -0.234. The summed E-state index contributed by atoms with van der Waals surface area (Å²) in [5, 5.41) is 7.90. The van der Waals surface area contributed by atoms with Gasteiger partial charge in [0.1, 0.15) is 11.6 Å². The van der Waals surface area contributed by atoms with E-state index >= 15 is 0 Å². The van der Waals surface area contributed by atoms with Crippen LogP contribution in [0.2, 0.25) is 0 Å². The maximum absolute atomic E-state index is 13.9. The second-order valence-electron chi connectivity index (χ2n) is 6.86. The van der Waals surface area contributed by atoms with Crippen molar-refractivity contribution in [2.75, 3.05) is 19.2 Å². The minimum absolute atomic E-state index is 0.0562.